The zero-order chi connectivity index (χ0) is 9.78. The zero-order valence-corrected chi connectivity index (χ0v) is 8.33. The van der Waals surface area contributed by atoms with Crippen molar-refractivity contribution in [1.82, 2.24) is 5.32 Å². The molecule has 0 radical (unpaired) electrons. The Kier molecular flexibility index (Phi) is 4.94. The van der Waals surface area contributed by atoms with Crippen LogP contribution >= 0.6 is 34.8 Å². The van der Waals surface area contributed by atoms with E-state index in [1.807, 2.05) is 0 Å². The van der Waals surface area contributed by atoms with Crippen molar-refractivity contribution in [3.05, 3.63) is 12.7 Å². The molecule has 0 aromatic rings. The molecule has 0 saturated heterocycles. The van der Waals surface area contributed by atoms with Gasteiger partial charge in [0.2, 0.25) is 5.91 Å². The molecule has 0 aromatic carbocycles. The Labute approximate surface area is 85.3 Å². The van der Waals surface area contributed by atoms with Gasteiger partial charge >= 0.3 is 0 Å². The highest BCUT2D eigenvalue weighted by Crippen LogP contribution is 2.25. The van der Waals surface area contributed by atoms with E-state index < -0.39 is 16.5 Å². The van der Waals surface area contributed by atoms with Crippen molar-refractivity contribution in [1.29, 1.82) is 0 Å². The Morgan fingerprint density at radius 3 is 2.58 bits per heavy atom. The van der Waals surface area contributed by atoms with Gasteiger partial charge in [-0.25, -0.2) is 0 Å². The molecule has 0 aliphatic carbocycles. The molecule has 0 aliphatic rings. The number of halogens is 3. The fourth-order valence-corrected chi connectivity index (χ4v) is 0.628. The van der Waals surface area contributed by atoms with E-state index in [2.05, 4.69) is 11.9 Å². The average Bonchev–Trinajstić information content (AvgIpc) is 2.04. The third-order valence-corrected chi connectivity index (χ3v) is 2.42. The van der Waals surface area contributed by atoms with Crippen molar-refractivity contribution in [3.63, 3.8) is 0 Å². The van der Waals surface area contributed by atoms with E-state index in [9.17, 15) is 4.79 Å². The fourth-order valence-electron chi connectivity index (χ4n) is 0.372. The maximum atomic E-state index is 10.6. The van der Waals surface area contributed by atoms with Crippen LogP contribution in [-0.2, 0) is 4.79 Å². The molecule has 1 unspecified atom stereocenters. The average molecular weight is 232 g/mol. The van der Waals surface area contributed by atoms with Gasteiger partial charge in [-0.15, -0.1) is 11.6 Å². The molecule has 12 heavy (non-hydrogen) atoms. The number of amides is 1. The quantitative estimate of drug-likeness (QED) is 0.432. The van der Waals surface area contributed by atoms with Crippen LogP contribution in [0.4, 0.5) is 0 Å². The molecule has 6 heteroatoms. The van der Waals surface area contributed by atoms with Crippen LogP contribution < -0.4 is 5.32 Å². The second-order valence-electron chi connectivity index (χ2n) is 2.01. The van der Waals surface area contributed by atoms with E-state index in [0.717, 1.165) is 6.08 Å². The van der Waals surface area contributed by atoms with Gasteiger partial charge in [-0.2, -0.15) is 0 Å². The number of carbonyl (C=O) groups is 1. The molecule has 1 atom stereocenters. The first-order chi connectivity index (χ1) is 5.44. The molecule has 0 bridgehead atoms. The first kappa shape index (κ1) is 12.0. The molecule has 0 rings (SSSR count). The summed E-state index contributed by atoms with van der Waals surface area (Å²) in [5.41, 5.74) is 0. The maximum Gasteiger partial charge on any atom is 0.245 e. The fraction of sp³-hybridized carbons (Fsp3) is 0.500. The topological polar surface area (TPSA) is 49.3 Å². The molecule has 70 valence electrons. The SMILES string of the molecule is C=CC(=O)NC(O)C(Cl)(Cl)CCl. The number of hydrogen-bond acceptors (Lipinski definition) is 2. The first-order valence-electron chi connectivity index (χ1n) is 2.99. The van der Waals surface area contributed by atoms with Gasteiger partial charge in [-0.1, -0.05) is 29.8 Å². The minimum absolute atomic E-state index is 0.200. The summed E-state index contributed by atoms with van der Waals surface area (Å²) in [5, 5.41) is 11.2. The van der Waals surface area contributed by atoms with Crippen molar-refractivity contribution < 1.29 is 9.90 Å². The third kappa shape index (κ3) is 3.63. The molecular formula is C6H8Cl3NO2. The van der Waals surface area contributed by atoms with Gasteiger partial charge < -0.3 is 10.4 Å². The Morgan fingerprint density at radius 2 is 2.25 bits per heavy atom. The number of carbonyl (C=O) groups excluding carboxylic acids is 1. The number of hydrogen-bond donors (Lipinski definition) is 2. The molecule has 0 spiro atoms. The van der Waals surface area contributed by atoms with Gasteiger partial charge in [-0.3, -0.25) is 4.79 Å². The van der Waals surface area contributed by atoms with Crippen LogP contribution in [0, 0.1) is 0 Å². The molecule has 0 saturated carbocycles. The Morgan fingerprint density at radius 1 is 1.75 bits per heavy atom. The van der Waals surface area contributed by atoms with Crippen LogP contribution in [0.25, 0.3) is 0 Å². The van der Waals surface area contributed by atoms with Crippen molar-refractivity contribution >= 4 is 40.7 Å². The number of rotatable bonds is 4. The van der Waals surface area contributed by atoms with Gasteiger partial charge in [0.05, 0.1) is 5.88 Å². The number of aliphatic hydroxyl groups is 1. The van der Waals surface area contributed by atoms with Gasteiger partial charge in [0.1, 0.15) is 0 Å². The third-order valence-electron chi connectivity index (χ3n) is 1.04. The molecule has 0 fully saturated rings. The summed E-state index contributed by atoms with van der Waals surface area (Å²) in [7, 11) is 0. The predicted molar refractivity (Wildman–Crippen MR) is 49.5 cm³/mol. The summed E-state index contributed by atoms with van der Waals surface area (Å²) in [5.74, 6) is -0.771. The molecular weight excluding hydrogens is 224 g/mol. The number of alkyl halides is 3. The van der Waals surface area contributed by atoms with Crippen LogP contribution in [0.15, 0.2) is 12.7 Å². The number of aliphatic hydroxyl groups excluding tert-OH is 1. The van der Waals surface area contributed by atoms with Gasteiger partial charge in [0, 0.05) is 0 Å². The lowest BCUT2D eigenvalue weighted by molar-refractivity contribution is -0.119. The monoisotopic (exact) mass is 231 g/mol. The van der Waals surface area contributed by atoms with Crippen molar-refractivity contribution in [2.24, 2.45) is 0 Å². The summed E-state index contributed by atoms with van der Waals surface area (Å²) in [6, 6.07) is 0. The smallest absolute Gasteiger partial charge is 0.245 e. The first-order valence-corrected chi connectivity index (χ1v) is 4.28. The van der Waals surface area contributed by atoms with Crippen LogP contribution in [0.1, 0.15) is 0 Å². The highest BCUT2D eigenvalue weighted by Gasteiger charge is 2.33. The van der Waals surface area contributed by atoms with E-state index in [0.29, 0.717) is 0 Å². The van der Waals surface area contributed by atoms with Crippen molar-refractivity contribution in [2.75, 3.05) is 5.88 Å². The number of nitrogens with one attached hydrogen (secondary N) is 1. The molecule has 3 nitrogen and oxygen atoms in total. The van der Waals surface area contributed by atoms with Crippen LogP contribution in [0.5, 0.6) is 0 Å². The van der Waals surface area contributed by atoms with Gasteiger partial charge in [-0.05, 0) is 6.08 Å². The van der Waals surface area contributed by atoms with Crippen LogP contribution in [0.2, 0.25) is 0 Å². The lowest BCUT2D eigenvalue weighted by Crippen LogP contribution is -2.46. The highest BCUT2D eigenvalue weighted by molar-refractivity contribution is 6.52. The summed E-state index contributed by atoms with van der Waals surface area (Å²) in [4.78, 5) is 10.6. The Bertz CT molecular complexity index is 184. The summed E-state index contributed by atoms with van der Waals surface area (Å²) < 4.78 is -1.58. The van der Waals surface area contributed by atoms with Gasteiger partial charge in [0.15, 0.2) is 10.6 Å². The summed E-state index contributed by atoms with van der Waals surface area (Å²) >= 11 is 16.3. The van der Waals surface area contributed by atoms with E-state index in [1.165, 1.54) is 0 Å². The second kappa shape index (κ2) is 4.92. The van der Waals surface area contributed by atoms with Crippen LogP contribution in [0.3, 0.4) is 0 Å². The summed E-state index contributed by atoms with van der Waals surface area (Å²) in [6.07, 6.45) is -0.426. The van der Waals surface area contributed by atoms with Crippen LogP contribution in [-0.4, -0.2) is 27.5 Å². The normalized spacial score (nSPS) is 13.7. The maximum absolute atomic E-state index is 10.6. The zero-order valence-electron chi connectivity index (χ0n) is 6.06. The molecule has 0 aromatic heterocycles. The molecule has 0 heterocycles. The van der Waals surface area contributed by atoms with Gasteiger partial charge in [0.25, 0.3) is 0 Å². The van der Waals surface area contributed by atoms with E-state index in [4.69, 9.17) is 39.9 Å². The van der Waals surface area contributed by atoms with E-state index >= 15 is 0 Å². The minimum atomic E-state index is -1.58. The largest absolute Gasteiger partial charge is 0.370 e. The van der Waals surface area contributed by atoms with E-state index in [-0.39, 0.29) is 5.88 Å². The van der Waals surface area contributed by atoms with E-state index in [1.54, 1.807) is 0 Å². The standard InChI is InChI=1S/C6H8Cl3NO2/c1-2-4(11)10-5(12)6(8,9)3-7/h2,5,12H,1,3H2,(H,10,11). The van der Waals surface area contributed by atoms with Crippen molar-refractivity contribution in [3.8, 4) is 0 Å². The molecule has 0 aliphatic heterocycles. The Hall–Kier alpha value is 0.0400. The lowest BCUT2D eigenvalue weighted by Gasteiger charge is -2.23. The lowest BCUT2D eigenvalue weighted by atomic mass is 10.4. The highest BCUT2D eigenvalue weighted by atomic mass is 35.5. The van der Waals surface area contributed by atoms with Crippen molar-refractivity contribution in [2.45, 2.75) is 10.6 Å². The minimum Gasteiger partial charge on any atom is -0.370 e. The Balaban J connectivity index is 4.11. The predicted octanol–water partition coefficient (Wildman–Crippen LogP) is 1.02. The molecule has 1 amide bonds. The molecule has 2 N–H and O–H groups in total. The second-order valence-corrected chi connectivity index (χ2v) is 3.82. The summed E-state index contributed by atoms with van der Waals surface area (Å²) in [6.45, 7) is 3.18.